The first-order valence-corrected chi connectivity index (χ1v) is 10.9. The number of piperidine rings is 1. The van der Waals surface area contributed by atoms with E-state index in [9.17, 15) is 4.79 Å². The van der Waals surface area contributed by atoms with Crippen molar-refractivity contribution >= 4 is 22.4 Å². The lowest BCUT2D eigenvalue weighted by molar-refractivity contribution is -0.116. The van der Waals surface area contributed by atoms with Crippen LogP contribution in [0.4, 0.5) is 5.13 Å². The maximum Gasteiger partial charge on any atom is 0.225 e. The molecule has 1 saturated heterocycles. The summed E-state index contributed by atoms with van der Waals surface area (Å²) < 4.78 is 0. The summed E-state index contributed by atoms with van der Waals surface area (Å²) in [5.41, 5.74) is 1.07. The minimum absolute atomic E-state index is 0.104. The molecule has 3 fully saturated rings. The van der Waals surface area contributed by atoms with E-state index in [1.165, 1.54) is 12.8 Å². The van der Waals surface area contributed by atoms with Crippen LogP contribution in [0.15, 0.2) is 5.38 Å². The van der Waals surface area contributed by atoms with Crippen LogP contribution in [0.1, 0.15) is 74.6 Å². The van der Waals surface area contributed by atoms with E-state index >= 15 is 0 Å². The number of amides is 1. The van der Waals surface area contributed by atoms with Crippen LogP contribution in [0.2, 0.25) is 0 Å². The SMILES string of the molecule is CC(=O)N(c1nc(CN2CCCC(c3n[nH]c(C4CC4)n3)C2)cs1)C1CC1. The molecule has 0 bridgehead atoms. The highest BCUT2D eigenvalue weighted by Crippen LogP contribution is 2.38. The highest BCUT2D eigenvalue weighted by Gasteiger charge is 2.34. The molecule has 144 valence electrons. The van der Waals surface area contributed by atoms with Crippen molar-refractivity contribution < 1.29 is 4.79 Å². The quantitative estimate of drug-likeness (QED) is 0.826. The number of carbonyl (C=O) groups excluding carboxylic acids is 1. The van der Waals surface area contributed by atoms with Crippen molar-refractivity contribution in [2.24, 2.45) is 0 Å². The van der Waals surface area contributed by atoms with Gasteiger partial charge in [-0.05, 0) is 45.1 Å². The number of aromatic nitrogens is 4. The Labute approximate surface area is 163 Å². The molecule has 2 saturated carbocycles. The largest absolute Gasteiger partial charge is 0.297 e. The molecule has 0 spiro atoms. The van der Waals surface area contributed by atoms with E-state index in [0.717, 1.165) is 67.8 Å². The molecule has 5 rings (SSSR count). The number of hydrogen-bond acceptors (Lipinski definition) is 6. The van der Waals surface area contributed by atoms with E-state index in [1.807, 2.05) is 4.90 Å². The molecule has 2 aromatic rings. The summed E-state index contributed by atoms with van der Waals surface area (Å²) in [6.07, 6.45) is 7.01. The number of thiazole rings is 1. The van der Waals surface area contributed by atoms with Crippen LogP contribution in [0.25, 0.3) is 0 Å². The molecule has 1 atom stereocenters. The minimum atomic E-state index is 0.104. The van der Waals surface area contributed by atoms with Crippen LogP contribution in [0.3, 0.4) is 0 Å². The first-order valence-electron chi connectivity index (χ1n) is 10.1. The van der Waals surface area contributed by atoms with Crippen molar-refractivity contribution in [2.45, 2.75) is 69.9 Å². The van der Waals surface area contributed by atoms with E-state index in [-0.39, 0.29) is 5.91 Å². The van der Waals surface area contributed by atoms with Crippen LogP contribution < -0.4 is 4.90 Å². The summed E-state index contributed by atoms with van der Waals surface area (Å²) in [6.45, 7) is 4.54. The summed E-state index contributed by atoms with van der Waals surface area (Å²) in [5, 5.41) is 10.6. The van der Waals surface area contributed by atoms with E-state index in [2.05, 4.69) is 20.5 Å². The molecule has 27 heavy (non-hydrogen) atoms. The van der Waals surface area contributed by atoms with E-state index in [1.54, 1.807) is 18.3 Å². The van der Waals surface area contributed by atoms with Crippen LogP contribution >= 0.6 is 11.3 Å². The van der Waals surface area contributed by atoms with Gasteiger partial charge < -0.3 is 0 Å². The molecule has 7 nitrogen and oxygen atoms in total. The van der Waals surface area contributed by atoms with E-state index in [4.69, 9.17) is 9.97 Å². The molecule has 1 aliphatic heterocycles. The highest BCUT2D eigenvalue weighted by atomic mass is 32.1. The maximum atomic E-state index is 11.9. The third kappa shape index (κ3) is 3.78. The number of H-pyrrole nitrogens is 1. The van der Waals surface area contributed by atoms with Crippen molar-refractivity contribution in [2.75, 3.05) is 18.0 Å². The lowest BCUT2D eigenvalue weighted by Crippen LogP contribution is -2.34. The van der Waals surface area contributed by atoms with E-state index < -0.39 is 0 Å². The summed E-state index contributed by atoms with van der Waals surface area (Å²) in [7, 11) is 0. The van der Waals surface area contributed by atoms with Gasteiger partial charge >= 0.3 is 0 Å². The van der Waals surface area contributed by atoms with Gasteiger partial charge in [0.1, 0.15) is 5.82 Å². The molecule has 8 heteroatoms. The zero-order chi connectivity index (χ0) is 18.4. The van der Waals surface area contributed by atoms with Gasteiger partial charge in [-0.3, -0.25) is 19.7 Å². The fourth-order valence-electron chi connectivity index (χ4n) is 4.01. The first-order chi connectivity index (χ1) is 13.2. The normalized spacial score (nSPS) is 23.5. The second kappa shape index (κ2) is 6.98. The van der Waals surface area contributed by atoms with Crippen molar-refractivity contribution in [3.63, 3.8) is 0 Å². The molecule has 0 radical (unpaired) electrons. The summed E-state index contributed by atoms with van der Waals surface area (Å²) in [6, 6.07) is 0.368. The molecule has 0 aromatic carbocycles. The number of carbonyl (C=O) groups is 1. The Bertz CT molecular complexity index is 824. The fourth-order valence-corrected chi connectivity index (χ4v) is 4.94. The minimum Gasteiger partial charge on any atom is -0.297 e. The van der Waals surface area contributed by atoms with Gasteiger partial charge in [-0.15, -0.1) is 11.3 Å². The van der Waals surface area contributed by atoms with Gasteiger partial charge in [-0.1, -0.05) is 0 Å². The number of nitrogens with one attached hydrogen (secondary N) is 1. The predicted octanol–water partition coefficient (Wildman–Crippen LogP) is 3.03. The van der Waals surface area contributed by atoms with Crippen molar-refractivity contribution in [3.05, 3.63) is 22.7 Å². The maximum absolute atomic E-state index is 11.9. The predicted molar refractivity (Wildman–Crippen MR) is 104 cm³/mol. The highest BCUT2D eigenvalue weighted by molar-refractivity contribution is 7.14. The first kappa shape index (κ1) is 17.3. The Balaban J connectivity index is 1.23. The zero-order valence-corrected chi connectivity index (χ0v) is 16.5. The van der Waals surface area contributed by atoms with Gasteiger partial charge in [-0.25, -0.2) is 9.97 Å². The van der Waals surface area contributed by atoms with Gasteiger partial charge in [-0.2, -0.15) is 5.10 Å². The third-order valence-corrected chi connectivity index (χ3v) is 6.63. The number of aromatic amines is 1. The Kier molecular flexibility index (Phi) is 4.47. The Morgan fingerprint density at radius 2 is 2.11 bits per heavy atom. The topological polar surface area (TPSA) is 78.0 Å². The van der Waals surface area contributed by atoms with Crippen LogP contribution in [0.5, 0.6) is 0 Å². The summed E-state index contributed by atoms with van der Waals surface area (Å²) in [4.78, 5) is 25.8. The monoisotopic (exact) mass is 386 g/mol. The molecule has 1 N–H and O–H groups in total. The number of likely N-dealkylation sites (tertiary alicyclic amines) is 1. The van der Waals surface area contributed by atoms with Gasteiger partial charge in [0.2, 0.25) is 5.91 Å². The lowest BCUT2D eigenvalue weighted by Gasteiger charge is -2.30. The number of nitrogens with zero attached hydrogens (tertiary/aromatic N) is 5. The molecule has 3 aliphatic rings. The zero-order valence-electron chi connectivity index (χ0n) is 15.7. The Hall–Kier alpha value is -1.80. The summed E-state index contributed by atoms with van der Waals surface area (Å²) in [5.74, 6) is 3.19. The van der Waals surface area contributed by atoms with Crippen LogP contribution in [0, 0.1) is 0 Å². The average molecular weight is 387 g/mol. The molecule has 1 unspecified atom stereocenters. The van der Waals surface area contributed by atoms with Crippen molar-refractivity contribution in [3.8, 4) is 0 Å². The molecule has 1 amide bonds. The van der Waals surface area contributed by atoms with Crippen LogP contribution in [-0.2, 0) is 11.3 Å². The Morgan fingerprint density at radius 3 is 2.85 bits per heavy atom. The summed E-state index contributed by atoms with van der Waals surface area (Å²) >= 11 is 1.59. The smallest absolute Gasteiger partial charge is 0.225 e. The average Bonchev–Trinajstić information content (AvgIpc) is 3.58. The van der Waals surface area contributed by atoms with E-state index in [0.29, 0.717) is 17.9 Å². The second-order valence-corrected chi connectivity index (χ2v) is 9.01. The van der Waals surface area contributed by atoms with Gasteiger partial charge in [0.05, 0.1) is 5.69 Å². The third-order valence-electron chi connectivity index (χ3n) is 5.74. The van der Waals surface area contributed by atoms with Gasteiger partial charge in [0.15, 0.2) is 11.0 Å². The molecular weight excluding hydrogens is 360 g/mol. The number of hydrogen-bond donors (Lipinski definition) is 1. The molecule has 2 aliphatic carbocycles. The van der Waals surface area contributed by atoms with Gasteiger partial charge in [0, 0.05) is 43.3 Å². The van der Waals surface area contributed by atoms with Crippen LogP contribution in [-0.4, -0.2) is 50.1 Å². The number of rotatable bonds is 6. The second-order valence-electron chi connectivity index (χ2n) is 8.17. The molecule has 2 aromatic heterocycles. The number of anilines is 1. The Morgan fingerprint density at radius 1 is 1.26 bits per heavy atom. The fraction of sp³-hybridized carbons (Fsp3) is 0.684. The van der Waals surface area contributed by atoms with Crippen molar-refractivity contribution in [1.29, 1.82) is 0 Å². The van der Waals surface area contributed by atoms with Gasteiger partial charge in [0.25, 0.3) is 0 Å². The lowest BCUT2D eigenvalue weighted by atomic mass is 9.97. The van der Waals surface area contributed by atoms with Crippen molar-refractivity contribution in [1.82, 2.24) is 25.1 Å². The molecular formula is C19H26N6OS. The standard InChI is InChI=1S/C19H26N6OS/c1-12(26)25(16-6-7-16)19-20-15(11-27-19)10-24-8-2-3-14(9-24)18-21-17(22-23-18)13-4-5-13/h11,13-14,16H,2-10H2,1H3,(H,21,22,23). The molecule has 3 heterocycles.